The fourth-order valence-corrected chi connectivity index (χ4v) is 1.42. The van der Waals surface area contributed by atoms with E-state index in [0.29, 0.717) is 17.4 Å². The topological polar surface area (TPSA) is 34.2 Å². The van der Waals surface area contributed by atoms with Gasteiger partial charge in [-0.25, -0.2) is 4.98 Å². The van der Waals surface area contributed by atoms with Crippen molar-refractivity contribution in [1.82, 2.24) is 10.3 Å². The predicted octanol–water partition coefficient (Wildman–Crippen LogP) is 3.41. The summed E-state index contributed by atoms with van der Waals surface area (Å²) in [5, 5.41) is 3.88. The van der Waals surface area contributed by atoms with Gasteiger partial charge in [0.2, 0.25) is 5.88 Å². The highest BCUT2D eigenvalue weighted by Crippen LogP contribution is 2.22. The van der Waals surface area contributed by atoms with Gasteiger partial charge in [-0.3, -0.25) is 0 Å². The van der Waals surface area contributed by atoms with Crippen LogP contribution < -0.4 is 10.1 Å². The van der Waals surface area contributed by atoms with Gasteiger partial charge in [0.25, 0.3) is 0 Å². The van der Waals surface area contributed by atoms with Crippen LogP contribution in [0, 0.1) is 0 Å². The number of pyridine rings is 1. The molecule has 0 aliphatic heterocycles. The Hall–Kier alpha value is -0.800. The van der Waals surface area contributed by atoms with E-state index in [0.717, 1.165) is 18.7 Å². The van der Waals surface area contributed by atoms with Gasteiger partial charge in [0.05, 0.1) is 10.7 Å². The standard InChI is InChI=1S/C13H21ClN2O/c1-5-13(3,4)17-12-8-7-10(14)11(16-12)9-15-6-2/h7-8,15H,5-6,9H2,1-4H3. The van der Waals surface area contributed by atoms with Crippen molar-refractivity contribution >= 4 is 11.6 Å². The first-order valence-electron chi connectivity index (χ1n) is 6.03. The normalized spacial score (nSPS) is 11.6. The second-order valence-corrected chi connectivity index (χ2v) is 4.98. The minimum absolute atomic E-state index is 0.198. The van der Waals surface area contributed by atoms with E-state index in [4.69, 9.17) is 16.3 Å². The molecule has 0 spiro atoms. The Balaban J connectivity index is 2.81. The number of hydrogen-bond acceptors (Lipinski definition) is 3. The average molecular weight is 257 g/mol. The molecule has 96 valence electrons. The lowest BCUT2D eigenvalue weighted by Gasteiger charge is -2.24. The minimum Gasteiger partial charge on any atom is -0.472 e. The molecular formula is C13H21ClN2O. The molecule has 4 heteroatoms. The number of nitrogens with zero attached hydrogens (tertiary/aromatic N) is 1. The summed E-state index contributed by atoms with van der Waals surface area (Å²) in [4.78, 5) is 4.43. The molecule has 0 atom stereocenters. The third-order valence-electron chi connectivity index (χ3n) is 2.67. The predicted molar refractivity (Wildman–Crippen MR) is 71.6 cm³/mol. The highest BCUT2D eigenvalue weighted by molar-refractivity contribution is 6.31. The highest BCUT2D eigenvalue weighted by atomic mass is 35.5. The number of ether oxygens (including phenoxy) is 1. The molecule has 3 nitrogen and oxygen atoms in total. The van der Waals surface area contributed by atoms with E-state index in [9.17, 15) is 0 Å². The SMILES string of the molecule is CCNCc1nc(OC(C)(C)CC)ccc1Cl. The molecule has 0 saturated carbocycles. The summed E-state index contributed by atoms with van der Waals surface area (Å²) in [6, 6.07) is 3.65. The summed E-state index contributed by atoms with van der Waals surface area (Å²) in [6.07, 6.45) is 0.930. The van der Waals surface area contributed by atoms with Gasteiger partial charge in [-0.1, -0.05) is 25.4 Å². The molecule has 0 amide bonds. The van der Waals surface area contributed by atoms with Gasteiger partial charge in [0.15, 0.2) is 0 Å². The Labute approximate surface area is 109 Å². The first kappa shape index (κ1) is 14.3. The zero-order valence-electron chi connectivity index (χ0n) is 11.0. The van der Waals surface area contributed by atoms with Crippen LogP contribution in [0.4, 0.5) is 0 Å². The van der Waals surface area contributed by atoms with Crippen LogP contribution in [0.5, 0.6) is 5.88 Å². The number of aromatic nitrogens is 1. The summed E-state index contributed by atoms with van der Waals surface area (Å²) in [6.45, 7) is 9.80. The van der Waals surface area contributed by atoms with Crippen LogP contribution in [0.2, 0.25) is 5.02 Å². The second-order valence-electron chi connectivity index (χ2n) is 4.57. The average Bonchev–Trinajstić information content (AvgIpc) is 2.29. The molecule has 0 aromatic carbocycles. The molecule has 0 saturated heterocycles. The first-order chi connectivity index (χ1) is 7.98. The molecule has 1 aromatic heterocycles. The van der Waals surface area contributed by atoms with Crippen LogP contribution in [-0.2, 0) is 6.54 Å². The van der Waals surface area contributed by atoms with Gasteiger partial charge in [-0.2, -0.15) is 0 Å². The van der Waals surface area contributed by atoms with Crippen LogP contribution in [0.15, 0.2) is 12.1 Å². The van der Waals surface area contributed by atoms with Crippen LogP contribution in [-0.4, -0.2) is 17.1 Å². The summed E-state index contributed by atoms with van der Waals surface area (Å²) < 4.78 is 5.83. The summed E-state index contributed by atoms with van der Waals surface area (Å²) in [5.41, 5.74) is 0.633. The summed E-state index contributed by atoms with van der Waals surface area (Å²) in [7, 11) is 0. The van der Waals surface area contributed by atoms with E-state index in [2.05, 4.69) is 24.1 Å². The number of nitrogens with one attached hydrogen (secondary N) is 1. The minimum atomic E-state index is -0.198. The number of halogens is 1. The monoisotopic (exact) mass is 256 g/mol. The van der Waals surface area contributed by atoms with E-state index < -0.39 is 0 Å². The molecule has 1 aromatic rings. The van der Waals surface area contributed by atoms with Crippen LogP contribution in [0.25, 0.3) is 0 Å². The Morgan fingerprint density at radius 2 is 2.06 bits per heavy atom. The van der Waals surface area contributed by atoms with E-state index in [1.165, 1.54) is 0 Å². The Bertz CT molecular complexity index is 366. The molecule has 0 aliphatic carbocycles. The highest BCUT2D eigenvalue weighted by Gasteiger charge is 2.18. The van der Waals surface area contributed by atoms with Crippen molar-refractivity contribution in [2.24, 2.45) is 0 Å². The van der Waals surface area contributed by atoms with Crippen LogP contribution in [0.3, 0.4) is 0 Å². The zero-order chi connectivity index (χ0) is 12.9. The third-order valence-corrected chi connectivity index (χ3v) is 3.01. The molecule has 0 aliphatic rings. The van der Waals surface area contributed by atoms with Crippen molar-refractivity contribution in [2.75, 3.05) is 6.54 Å². The molecular weight excluding hydrogens is 236 g/mol. The maximum atomic E-state index is 6.08. The van der Waals surface area contributed by atoms with Gasteiger partial charge in [0, 0.05) is 12.6 Å². The second kappa shape index (κ2) is 6.22. The van der Waals surface area contributed by atoms with Gasteiger partial charge >= 0.3 is 0 Å². The molecule has 1 N–H and O–H groups in total. The Morgan fingerprint density at radius 3 is 2.65 bits per heavy atom. The third kappa shape index (κ3) is 4.52. The molecule has 0 fully saturated rings. The smallest absolute Gasteiger partial charge is 0.214 e. The van der Waals surface area contributed by atoms with E-state index in [1.54, 1.807) is 0 Å². The lowest BCUT2D eigenvalue weighted by atomic mass is 10.1. The van der Waals surface area contributed by atoms with Gasteiger partial charge < -0.3 is 10.1 Å². The van der Waals surface area contributed by atoms with Crippen molar-refractivity contribution in [3.8, 4) is 5.88 Å². The quantitative estimate of drug-likeness (QED) is 0.847. The van der Waals surface area contributed by atoms with Crippen molar-refractivity contribution in [3.63, 3.8) is 0 Å². The van der Waals surface area contributed by atoms with Gasteiger partial charge in [0.1, 0.15) is 5.60 Å². The molecule has 0 unspecified atom stereocenters. The maximum absolute atomic E-state index is 6.08. The summed E-state index contributed by atoms with van der Waals surface area (Å²) >= 11 is 6.08. The Kier molecular flexibility index (Phi) is 5.22. The number of hydrogen-bond donors (Lipinski definition) is 1. The lowest BCUT2D eigenvalue weighted by molar-refractivity contribution is 0.0987. The molecule has 1 heterocycles. The van der Waals surface area contributed by atoms with Crippen molar-refractivity contribution in [1.29, 1.82) is 0 Å². The molecule has 17 heavy (non-hydrogen) atoms. The maximum Gasteiger partial charge on any atom is 0.214 e. The lowest BCUT2D eigenvalue weighted by Crippen LogP contribution is -2.27. The Morgan fingerprint density at radius 1 is 1.35 bits per heavy atom. The van der Waals surface area contributed by atoms with Crippen LogP contribution in [0.1, 0.15) is 39.8 Å². The largest absolute Gasteiger partial charge is 0.472 e. The molecule has 0 bridgehead atoms. The molecule has 0 radical (unpaired) electrons. The summed E-state index contributed by atoms with van der Waals surface area (Å²) in [5.74, 6) is 0.633. The fourth-order valence-electron chi connectivity index (χ4n) is 1.24. The first-order valence-corrected chi connectivity index (χ1v) is 6.41. The van der Waals surface area contributed by atoms with E-state index >= 15 is 0 Å². The van der Waals surface area contributed by atoms with Crippen molar-refractivity contribution < 1.29 is 4.74 Å². The van der Waals surface area contributed by atoms with Crippen molar-refractivity contribution in [2.45, 2.75) is 46.3 Å². The van der Waals surface area contributed by atoms with Crippen molar-refractivity contribution in [3.05, 3.63) is 22.8 Å². The van der Waals surface area contributed by atoms with Gasteiger partial charge in [-0.15, -0.1) is 0 Å². The van der Waals surface area contributed by atoms with E-state index in [1.807, 2.05) is 26.0 Å². The fraction of sp³-hybridized carbons (Fsp3) is 0.615. The van der Waals surface area contributed by atoms with Gasteiger partial charge in [-0.05, 0) is 32.9 Å². The molecule has 1 rings (SSSR count). The van der Waals surface area contributed by atoms with Crippen LogP contribution >= 0.6 is 11.6 Å². The zero-order valence-corrected chi connectivity index (χ0v) is 11.8. The number of rotatable bonds is 6. The van der Waals surface area contributed by atoms with E-state index in [-0.39, 0.29) is 5.60 Å².